The van der Waals surface area contributed by atoms with E-state index < -0.39 is 37.2 Å². The van der Waals surface area contributed by atoms with Crippen LogP contribution in [0.25, 0.3) is 0 Å². The first-order chi connectivity index (χ1) is 10.0. The highest BCUT2D eigenvalue weighted by atomic mass is 16.7. The zero-order chi connectivity index (χ0) is 15.4. The number of ether oxygens (including phenoxy) is 3. The predicted molar refractivity (Wildman–Crippen MR) is 70.8 cm³/mol. The van der Waals surface area contributed by atoms with Crippen molar-refractivity contribution in [2.75, 3.05) is 13.7 Å². The number of carbonyl (C=O) groups is 1. The third-order valence-corrected chi connectivity index (χ3v) is 3.26. The maximum Gasteiger partial charge on any atom is 0.337 e. The van der Waals surface area contributed by atoms with Gasteiger partial charge in [0, 0.05) is 6.42 Å². The molecule has 7 nitrogen and oxygen atoms in total. The minimum atomic E-state index is -1.14. The largest absolute Gasteiger partial charge is 0.465 e. The van der Waals surface area contributed by atoms with Crippen molar-refractivity contribution >= 4 is 5.97 Å². The number of aliphatic hydroxyl groups is 3. The summed E-state index contributed by atoms with van der Waals surface area (Å²) in [4.78, 5) is 11.3. The molecule has 0 aromatic heterocycles. The van der Waals surface area contributed by atoms with Gasteiger partial charge in [-0.3, -0.25) is 0 Å². The highest BCUT2D eigenvalue weighted by Gasteiger charge is 2.37. The van der Waals surface area contributed by atoms with Crippen molar-refractivity contribution in [1.82, 2.24) is 0 Å². The van der Waals surface area contributed by atoms with E-state index in [0.717, 1.165) is 0 Å². The van der Waals surface area contributed by atoms with Gasteiger partial charge in [0.15, 0.2) is 0 Å². The summed E-state index contributed by atoms with van der Waals surface area (Å²) in [7, 11) is 1.30. The van der Waals surface area contributed by atoms with Crippen LogP contribution in [0.3, 0.4) is 0 Å². The molecule has 1 aliphatic heterocycles. The molecule has 116 valence electrons. The van der Waals surface area contributed by atoms with E-state index in [1.165, 1.54) is 7.11 Å². The van der Waals surface area contributed by atoms with E-state index in [1.807, 2.05) is 0 Å². The summed E-state index contributed by atoms with van der Waals surface area (Å²) in [6.07, 6.45) is -3.78. The molecule has 0 bridgehead atoms. The molecule has 4 atom stereocenters. The van der Waals surface area contributed by atoms with E-state index in [1.54, 1.807) is 24.3 Å². The molecule has 1 fully saturated rings. The standard InChI is InChI=1S/C14H18O7/c1-19-14(18)8-2-4-9(5-3-8)20-12-6-10(16)13(17)11(7-15)21-12/h2-5,10-13,15-17H,6-7H2,1H3/t10-,11?,12-,13-/m1/s1. The molecule has 21 heavy (non-hydrogen) atoms. The average Bonchev–Trinajstić information content (AvgIpc) is 2.50. The van der Waals surface area contributed by atoms with Crippen molar-refractivity contribution in [2.45, 2.75) is 31.0 Å². The highest BCUT2D eigenvalue weighted by Crippen LogP contribution is 2.23. The van der Waals surface area contributed by atoms with Crippen molar-refractivity contribution in [3.8, 4) is 5.75 Å². The molecule has 0 aliphatic carbocycles. The predicted octanol–water partition coefficient (Wildman–Crippen LogP) is -0.319. The van der Waals surface area contributed by atoms with Crippen LogP contribution in [0.4, 0.5) is 0 Å². The quantitative estimate of drug-likeness (QED) is 0.654. The van der Waals surface area contributed by atoms with E-state index in [-0.39, 0.29) is 6.42 Å². The number of carbonyl (C=O) groups excluding carboxylic acids is 1. The summed E-state index contributed by atoms with van der Waals surface area (Å²) in [6.45, 7) is -0.417. The highest BCUT2D eigenvalue weighted by molar-refractivity contribution is 5.89. The second-order valence-electron chi connectivity index (χ2n) is 4.71. The zero-order valence-electron chi connectivity index (χ0n) is 11.5. The Morgan fingerprint density at radius 1 is 1.33 bits per heavy atom. The van der Waals surface area contributed by atoms with Gasteiger partial charge in [-0.05, 0) is 24.3 Å². The van der Waals surface area contributed by atoms with Crippen molar-refractivity contribution < 1.29 is 34.3 Å². The number of hydrogen-bond donors (Lipinski definition) is 3. The fourth-order valence-corrected chi connectivity index (χ4v) is 2.08. The van der Waals surface area contributed by atoms with E-state index in [9.17, 15) is 15.0 Å². The van der Waals surface area contributed by atoms with Crippen molar-refractivity contribution in [3.63, 3.8) is 0 Å². The summed E-state index contributed by atoms with van der Waals surface area (Å²) in [6, 6.07) is 6.22. The number of rotatable bonds is 4. The molecule has 2 rings (SSSR count). The van der Waals surface area contributed by atoms with Crippen molar-refractivity contribution in [1.29, 1.82) is 0 Å². The Morgan fingerprint density at radius 3 is 2.57 bits per heavy atom. The number of hydrogen-bond acceptors (Lipinski definition) is 7. The minimum absolute atomic E-state index is 0.0798. The van der Waals surface area contributed by atoms with Gasteiger partial charge in [0.05, 0.1) is 25.4 Å². The van der Waals surface area contributed by atoms with E-state index in [4.69, 9.17) is 14.6 Å². The smallest absolute Gasteiger partial charge is 0.337 e. The Bertz CT molecular complexity index is 473. The maximum atomic E-state index is 11.3. The fraction of sp³-hybridized carbons (Fsp3) is 0.500. The third kappa shape index (κ3) is 3.70. The van der Waals surface area contributed by atoms with Crippen LogP contribution in [0.2, 0.25) is 0 Å². The molecule has 1 aliphatic rings. The van der Waals surface area contributed by atoms with Crippen molar-refractivity contribution in [3.05, 3.63) is 29.8 Å². The van der Waals surface area contributed by atoms with Gasteiger partial charge in [0.25, 0.3) is 0 Å². The van der Waals surface area contributed by atoms with Gasteiger partial charge in [0.1, 0.15) is 18.0 Å². The van der Waals surface area contributed by atoms with Gasteiger partial charge in [-0.25, -0.2) is 4.79 Å². The van der Waals surface area contributed by atoms with Crippen molar-refractivity contribution in [2.24, 2.45) is 0 Å². The van der Waals surface area contributed by atoms with E-state index in [0.29, 0.717) is 11.3 Å². The van der Waals surface area contributed by atoms with Gasteiger partial charge in [0.2, 0.25) is 6.29 Å². The zero-order valence-corrected chi connectivity index (χ0v) is 11.5. The molecule has 0 spiro atoms. The molecule has 0 amide bonds. The second kappa shape index (κ2) is 6.86. The summed E-state index contributed by atoms with van der Waals surface area (Å²) in [5.41, 5.74) is 0.387. The molecule has 1 aromatic rings. The SMILES string of the molecule is COC(=O)c1ccc(O[C@H]2C[C@@H](O)[C@@H](O)C(CO)O2)cc1. The Labute approximate surface area is 121 Å². The van der Waals surface area contributed by atoms with Crippen LogP contribution in [-0.4, -0.2) is 59.6 Å². The Morgan fingerprint density at radius 2 is 2.00 bits per heavy atom. The number of aliphatic hydroxyl groups excluding tert-OH is 3. The Hall–Kier alpha value is -1.67. The van der Waals surface area contributed by atoms with Crippen LogP contribution >= 0.6 is 0 Å². The third-order valence-electron chi connectivity index (χ3n) is 3.26. The van der Waals surface area contributed by atoms with Crippen LogP contribution < -0.4 is 4.74 Å². The number of methoxy groups -OCH3 is 1. The average molecular weight is 298 g/mol. The topological polar surface area (TPSA) is 105 Å². The van der Waals surface area contributed by atoms with Crippen LogP contribution in [0.1, 0.15) is 16.8 Å². The van der Waals surface area contributed by atoms with Crippen LogP contribution in [0.5, 0.6) is 5.75 Å². The fourth-order valence-electron chi connectivity index (χ4n) is 2.08. The first-order valence-electron chi connectivity index (χ1n) is 6.52. The lowest BCUT2D eigenvalue weighted by Gasteiger charge is -2.36. The summed E-state index contributed by atoms with van der Waals surface area (Å²) in [5.74, 6) is -0.0118. The first-order valence-corrected chi connectivity index (χ1v) is 6.52. The number of esters is 1. The summed E-state index contributed by atoms with van der Waals surface area (Å²) >= 11 is 0. The number of benzene rings is 1. The molecule has 3 N–H and O–H groups in total. The maximum absolute atomic E-state index is 11.3. The van der Waals surface area contributed by atoms with Gasteiger partial charge in [-0.1, -0.05) is 0 Å². The van der Waals surface area contributed by atoms with Crippen LogP contribution in [0, 0.1) is 0 Å². The lowest BCUT2D eigenvalue weighted by atomic mass is 10.0. The lowest BCUT2D eigenvalue weighted by molar-refractivity contribution is -0.229. The Balaban J connectivity index is 1.99. The second-order valence-corrected chi connectivity index (χ2v) is 4.71. The molecular formula is C14H18O7. The minimum Gasteiger partial charge on any atom is -0.465 e. The van der Waals surface area contributed by atoms with Gasteiger partial charge in [-0.2, -0.15) is 0 Å². The molecule has 7 heteroatoms. The normalized spacial score (nSPS) is 29.0. The van der Waals surface area contributed by atoms with Crippen LogP contribution in [-0.2, 0) is 9.47 Å². The molecule has 0 saturated carbocycles. The monoisotopic (exact) mass is 298 g/mol. The molecular weight excluding hydrogens is 280 g/mol. The summed E-state index contributed by atoms with van der Waals surface area (Å²) in [5, 5.41) is 28.4. The van der Waals surface area contributed by atoms with Gasteiger partial charge >= 0.3 is 5.97 Å². The molecule has 1 saturated heterocycles. The lowest BCUT2D eigenvalue weighted by Crippen LogP contribution is -2.51. The summed E-state index contributed by atoms with van der Waals surface area (Å²) < 4.78 is 15.5. The molecule has 1 heterocycles. The molecule has 0 radical (unpaired) electrons. The van der Waals surface area contributed by atoms with Crippen LogP contribution in [0.15, 0.2) is 24.3 Å². The van der Waals surface area contributed by atoms with E-state index >= 15 is 0 Å². The molecule has 1 aromatic carbocycles. The first kappa shape index (κ1) is 15.7. The van der Waals surface area contributed by atoms with Gasteiger partial charge < -0.3 is 29.5 Å². The molecule has 1 unspecified atom stereocenters. The van der Waals surface area contributed by atoms with Gasteiger partial charge in [-0.15, -0.1) is 0 Å². The van der Waals surface area contributed by atoms with E-state index in [2.05, 4.69) is 4.74 Å². The Kier molecular flexibility index (Phi) is 5.13.